The Hall–Kier alpha value is -2.48. The van der Waals surface area contributed by atoms with Gasteiger partial charge in [-0.1, -0.05) is 24.6 Å². The van der Waals surface area contributed by atoms with E-state index in [0.29, 0.717) is 17.5 Å². The normalized spacial score (nSPS) is 15.5. The zero-order valence-electron chi connectivity index (χ0n) is 19.3. The Morgan fingerprint density at radius 3 is 2.36 bits per heavy atom. The largest absolute Gasteiger partial charge is 0.496 e. The van der Waals surface area contributed by atoms with Gasteiger partial charge in [-0.05, 0) is 69.3 Å². The molecule has 2 aromatic carbocycles. The molecule has 1 aliphatic heterocycles. The van der Waals surface area contributed by atoms with Gasteiger partial charge in [-0.2, -0.15) is 0 Å². The van der Waals surface area contributed by atoms with Gasteiger partial charge < -0.3 is 9.72 Å². The number of halogens is 1. The summed E-state index contributed by atoms with van der Waals surface area (Å²) in [7, 11) is -0.584. The van der Waals surface area contributed by atoms with Crippen LogP contribution < -0.4 is 9.04 Å². The van der Waals surface area contributed by atoms with E-state index in [9.17, 15) is 8.42 Å². The first kappa shape index (κ1) is 25.1. The minimum Gasteiger partial charge on any atom is -0.496 e. The Morgan fingerprint density at radius 2 is 1.70 bits per heavy atom. The van der Waals surface area contributed by atoms with Crippen LogP contribution in [0, 0.1) is 0 Å². The SMILES string of the molecule is COc1cc(S(=O)(=O)N(C)c2ccccc2)ccc1-c1ccc([C@@H](C)N2CCCCC2)[nH]1.Cl. The molecular weight excluding hydrogens is 458 g/mol. The van der Waals surface area contributed by atoms with Crippen LogP contribution in [0.25, 0.3) is 11.3 Å². The molecule has 178 valence electrons. The van der Waals surface area contributed by atoms with Crippen molar-refractivity contribution in [3.8, 4) is 17.0 Å². The standard InChI is InChI=1S/C25H31N3O3S.ClH/c1-19(28-16-8-5-9-17-28)23-14-15-24(26-23)22-13-12-21(18-25(22)31-3)32(29,30)27(2)20-10-6-4-7-11-20;/h4,6-7,10-15,18-19,26H,5,8-9,16-17H2,1-3H3;1H/t19-;/m1./s1. The molecule has 0 bridgehead atoms. The number of methoxy groups -OCH3 is 1. The van der Waals surface area contributed by atoms with Crippen LogP contribution in [-0.2, 0) is 10.0 Å². The van der Waals surface area contributed by atoms with Crippen molar-refractivity contribution in [1.29, 1.82) is 0 Å². The Balaban J connectivity index is 0.00000306. The molecule has 0 radical (unpaired) electrons. The van der Waals surface area contributed by atoms with Crippen LogP contribution in [-0.4, -0.2) is 45.5 Å². The van der Waals surface area contributed by atoms with Gasteiger partial charge in [-0.15, -0.1) is 12.4 Å². The van der Waals surface area contributed by atoms with Crippen LogP contribution in [0.2, 0.25) is 0 Å². The Kier molecular flexibility index (Phi) is 8.10. The quantitative estimate of drug-likeness (QED) is 0.477. The molecule has 1 N–H and O–H groups in total. The van der Waals surface area contributed by atoms with Crippen LogP contribution >= 0.6 is 12.4 Å². The van der Waals surface area contributed by atoms with Gasteiger partial charge in [0.15, 0.2) is 0 Å². The summed E-state index contributed by atoms with van der Waals surface area (Å²) in [4.78, 5) is 6.22. The van der Waals surface area contributed by atoms with Crippen LogP contribution in [0.4, 0.5) is 5.69 Å². The summed E-state index contributed by atoms with van der Waals surface area (Å²) in [6.07, 6.45) is 3.81. The predicted molar refractivity (Wildman–Crippen MR) is 136 cm³/mol. The number of rotatable bonds is 7. The third kappa shape index (κ3) is 5.21. The molecular formula is C25H32ClN3O3S. The number of aromatic nitrogens is 1. The van der Waals surface area contributed by atoms with Crippen molar-refractivity contribution in [1.82, 2.24) is 9.88 Å². The fourth-order valence-corrected chi connectivity index (χ4v) is 5.52. The van der Waals surface area contributed by atoms with Crippen molar-refractivity contribution in [3.05, 3.63) is 66.4 Å². The lowest BCUT2D eigenvalue weighted by molar-refractivity contribution is 0.172. The van der Waals surface area contributed by atoms with E-state index in [1.54, 1.807) is 38.4 Å². The number of ether oxygens (including phenoxy) is 1. The average Bonchev–Trinajstić information content (AvgIpc) is 3.33. The van der Waals surface area contributed by atoms with Gasteiger partial charge in [-0.25, -0.2) is 8.42 Å². The van der Waals surface area contributed by atoms with Gasteiger partial charge in [0.2, 0.25) is 0 Å². The highest BCUT2D eigenvalue weighted by atomic mass is 35.5. The monoisotopic (exact) mass is 489 g/mol. The molecule has 33 heavy (non-hydrogen) atoms. The van der Waals surface area contributed by atoms with E-state index in [1.807, 2.05) is 30.3 Å². The van der Waals surface area contributed by atoms with E-state index in [1.165, 1.54) is 23.6 Å². The van der Waals surface area contributed by atoms with Gasteiger partial charge in [-0.3, -0.25) is 9.21 Å². The summed E-state index contributed by atoms with van der Waals surface area (Å²) in [5, 5.41) is 0. The lowest BCUT2D eigenvalue weighted by Gasteiger charge is -2.31. The maximum absolute atomic E-state index is 13.2. The fourth-order valence-electron chi connectivity index (χ4n) is 4.30. The molecule has 1 aromatic heterocycles. The molecule has 6 nitrogen and oxygen atoms in total. The van der Waals surface area contributed by atoms with E-state index >= 15 is 0 Å². The molecule has 1 atom stereocenters. The van der Waals surface area contributed by atoms with E-state index < -0.39 is 10.0 Å². The lowest BCUT2D eigenvalue weighted by atomic mass is 10.1. The molecule has 2 heterocycles. The summed E-state index contributed by atoms with van der Waals surface area (Å²) in [5.74, 6) is 0.520. The molecule has 4 rings (SSSR count). The Bertz CT molecular complexity index is 1160. The summed E-state index contributed by atoms with van der Waals surface area (Å²) in [6.45, 7) is 4.48. The number of sulfonamides is 1. The number of benzene rings is 2. The van der Waals surface area contributed by atoms with Crippen molar-refractivity contribution in [3.63, 3.8) is 0 Å². The minimum absolute atomic E-state index is 0. The van der Waals surface area contributed by atoms with E-state index in [4.69, 9.17) is 4.74 Å². The van der Waals surface area contributed by atoms with Crippen LogP contribution in [0.15, 0.2) is 65.6 Å². The van der Waals surface area contributed by atoms with Crippen molar-refractivity contribution in [2.75, 3.05) is 31.6 Å². The fraction of sp³-hybridized carbons (Fsp3) is 0.360. The second-order valence-corrected chi connectivity index (χ2v) is 10.2. The number of para-hydroxylation sites is 1. The van der Waals surface area contributed by atoms with Gasteiger partial charge >= 0.3 is 0 Å². The highest BCUT2D eigenvalue weighted by Crippen LogP contribution is 2.34. The Labute approximate surface area is 203 Å². The molecule has 0 spiro atoms. The zero-order valence-corrected chi connectivity index (χ0v) is 21.0. The number of nitrogens with one attached hydrogen (secondary N) is 1. The zero-order chi connectivity index (χ0) is 22.7. The number of anilines is 1. The molecule has 3 aromatic rings. The number of aromatic amines is 1. The summed E-state index contributed by atoms with van der Waals surface area (Å²) in [5.41, 5.74) is 3.52. The van der Waals surface area contributed by atoms with Gasteiger partial charge in [0.05, 0.1) is 17.7 Å². The highest BCUT2D eigenvalue weighted by molar-refractivity contribution is 7.92. The summed E-state index contributed by atoms with van der Waals surface area (Å²) in [6, 6.07) is 18.6. The smallest absolute Gasteiger partial charge is 0.264 e. The summed E-state index contributed by atoms with van der Waals surface area (Å²) < 4.78 is 33.2. The maximum atomic E-state index is 13.2. The van der Waals surface area contributed by atoms with Gasteiger partial charge in [0.1, 0.15) is 5.75 Å². The first-order valence-electron chi connectivity index (χ1n) is 11.1. The minimum atomic E-state index is -3.71. The predicted octanol–water partition coefficient (Wildman–Crippen LogP) is 5.48. The van der Waals surface area contributed by atoms with E-state index in [2.05, 4.69) is 22.9 Å². The van der Waals surface area contributed by atoms with Crippen LogP contribution in [0.1, 0.15) is 37.9 Å². The topological polar surface area (TPSA) is 65.6 Å². The van der Waals surface area contributed by atoms with Crippen molar-refractivity contribution < 1.29 is 13.2 Å². The molecule has 8 heteroatoms. The molecule has 1 fully saturated rings. The number of likely N-dealkylation sites (tertiary alicyclic amines) is 1. The number of piperidine rings is 1. The second kappa shape index (κ2) is 10.6. The van der Waals surface area contributed by atoms with Gasteiger partial charge in [0, 0.05) is 36.1 Å². The van der Waals surface area contributed by atoms with Crippen molar-refractivity contribution in [2.45, 2.75) is 37.1 Å². The summed E-state index contributed by atoms with van der Waals surface area (Å²) >= 11 is 0. The third-order valence-corrected chi connectivity index (χ3v) is 8.12. The van der Waals surface area contributed by atoms with Gasteiger partial charge in [0.25, 0.3) is 10.0 Å². The maximum Gasteiger partial charge on any atom is 0.264 e. The number of H-pyrrole nitrogens is 1. The molecule has 0 amide bonds. The molecule has 0 unspecified atom stereocenters. The van der Waals surface area contributed by atoms with E-state index in [-0.39, 0.29) is 17.3 Å². The Morgan fingerprint density at radius 1 is 1.00 bits per heavy atom. The highest BCUT2D eigenvalue weighted by Gasteiger charge is 2.24. The third-order valence-electron chi connectivity index (χ3n) is 6.34. The average molecular weight is 490 g/mol. The van der Waals surface area contributed by atoms with E-state index in [0.717, 1.165) is 30.0 Å². The first-order valence-corrected chi connectivity index (χ1v) is 12.5. The van der Waals surface area contributed by atoms with Crippen LogP contribution in [0.3, 0.4) is 0 Å². The van der Waals surface area contributed by atoms with Crippen molar-refractivity contribution >= 4 is 28.1 Å². The number of nitrogens with zero attached hydrogens (tertiary/aromatic N) is 2. The molecule has 0 aliphatic carbocycles. The molecule has 0 saturated carbocycles. The number of hydrogen-bond acceptors (Lipinski definition) is 4. The van der Waals surface area contributed by atoms with Crippen LogP contribution in [0.5, 0.6) is 5.75 Å². The van der Waals surface area contributed by atoms with Crippen molar-refractivity contribution in [2.24, 2.45) is 0 Å². The second-order valence-electron chi connectivity index (χ2n) is 8.27. The first-order chi connectivity index (χ1) is 15.4. The number of hydrogen-bond donors (Lipinski definition) is 1. The molecule has 1 aliphatic rings. The molecule has 1 saturated heterocycles. The lowest BCUT2D eigenvalue weighted by Crippen LogP contribution is -2.32.